The average molecular weight is 337 g/mol. The maximum Gasteiger partial charge on any atom is 0.255 e. The van der Waals surface area contributed by atoms with Crippen molar-refractivity contribution in [3.63, 3.8) is 0 Å². The van der Waals surface area contributed by atoms with E-state index in [1.165, 1.54) is 0 Å². The monoisotopic (exact) mass is 336 g/mol. The van der Waals surface area contributed by atoms with Crippen LogP contribution in [0.3, 0.4) is 0 Å². The second-order valence-corrected chi connectivity index (χ2v) is 5.61. The third kappa shape index (κ3) is 3.59. The van der Waals surface area contributed by atoms with Crippen LogP contribution < -0.4 is 11.1 Å². The Morgan fingerprint density at radius 3 is 2.27 bits per heavy atom. The van der Waals surface area contributed by atoms with Crippen LogP contribution in [0.5, 0.6) is 0 Å². The first-order valence-corrected chi connectivity index (χ1v) is 7.30. The molecular weight excluding hydrogens is 323 g/mol. The Hall–Kier alpha value is -2.04. The summed E-state index contributed by atoms with van der Waals surface area (Å²) in [5.74, 6) is -1.29. The predicted molar refractivity (Wildman–Crippen MR) is 88.5 cm³/mol. The molecule has 0 fully saturated rings. The topological polar surface area (TPSA) is 72.2 Å². The van der Waals surface area contributed by atoms with Crippen molar-refractivity contribution in [1.82, 2.24) is 0 Å². The van der Waals surface area contributed by atoms with Crippen LogP contribution in [0.25, 0.3) is 0 Å². The van der Waals surface area contributed by atoms with Gasteiger partial charge < -0.3 is 11.1 Å². The molecule has 0 radical (unpaired) electrons. The molecule has 0 aliphatic carbocycles. The molecule has 4 nitrogen and oxygen atoms in total. The van der Waals surface area contributed by atoms with Crippen molar-refractivity contribution in [2.75, 3.05) is 5.32 Å². The van der Waals surface area contributed by atoms with Gasteiger partial charge in [0.2, 0.25) is 5.91 Å². The standard InChI is InChI=1S/C16H14Cl2N2O2/c1-9(15(19)21)10-4-2-5-11(8-10)16(22)20-14-12(17)6-3-7-13(14)18/h2-9H,1H3,(H2,19,21)(H,20,22)/t9-/m1/s1. The van der Waals surface area contributed by atoms with Gasteiger partial charge in [-0.3, -0.25) is 9.59 Å². The van der Waals surface area contributed by atoms with E-state index in [-0.39, 0.29) is 5.91 Å². The Bertz CT molecular complexity index is 712. The number of benzene rings is 2. The molecule has 2 aromatic carbocycles. The highest BCUT2D eigenvalue weighted by Crippen LogP contribution is 2.30. The normalized spacial score (nSPS) is 11.8. The van der Waals surface area contributed by atoms with E-state index >= 15 is 0 Å². The molecule has 0 spiro atoms. The number of nitrogens with one attached hydrogen (secondary N) is 1. The fourth-order valence-electron chi connectivity index (χ4n) is 1.92. The number of nitrogens with two attached hydrogens (primary N) is 1. The van der Waals surface area contributed by atoms with Gasteiger partial charge in [0.15, 0.2) is 0 Å². The Kier molecular flexibility index (Phi) is 5.06. The van der Waals surface area contributed by atoms with Crippen LogP contribution in [0.4, 0.5) is 5.69 Å². The molecule has 1 atom stereocenters. The van der Waals surface area contributed by atoms with Crippen LogP contribution >= 0.6 is 23.2 Å². The van der Waals surface area contributed by atoms with E-state index in [0.717, 1.165) is 0 Å². The van der Waals surface area contributed by atoms with E-state index in [9.17, 15) is 9.59 Å². The predicted octanol–water partition coefficient (Wildman–Crippen LogP) is 3.83. The zero-order chi connectivity index (χ0) is 16.3. The van der Waals surface area contributed by atoms with Crippen molar-refractivity contribution in [3.05, 3.63) is 63.6 Å². The highest BCUT2D eigenvalue weighted by atomic mass is 35.5. The summed E-state index contributed by atoms with van der Waals surface area (Å²) in [5, 5.41) is 3.37. The first kappa shape index (κ1) is 16.3. The number of primary amides is 1. The molecule has 2 aromatic rings. The Labute approximate surface area is 138 Å². The van der Waals surface area contributed by atoms with E-state index < -0.39 is 11.8 Å². The number of carbonyl (C=O) groups excluding carboxylic acids is 2. The molecule has 114 valence electrons. The molecule has 0 aromatic heterocycles. The van der Waals surface area contributed by atoms with Crippen LogP contribution in [0, 0.1) is 0 Å². The molecule has 0 saturated carbocycles. The number of carbonyl (C=O) groups is 2. The van der Waals surface area contributed by atoms with Gasteiger partial charge in [-0.05, 0) is 36.8 Å². The van der Waals surface area contributed by atoms with Gasteiger partial charge in [-0.25, -0.2) is 0 Å². The fourth-order valence-corrected chi connectivity index (χ4v) is 2.41. The molecule has 0 heterocycles. The molecule has 0 unspecified atom stereocenters. The number of rotatable bonds is 4. The summed E-state index contributed by atoms with van der Waals surface area (Å²) in [7, 11) is 0. The van der Waals surface area contributed by atoms with Gasteiger partial charge in [0.1, 0.15) is 0 Å². The zero-order valence-electron chi connectivity index (χ0n) is 11.8. The SMILES string of the molecule is C[C@@H](C(N)=O)c1cccc(C(=O)Nc2c(Cl)cccc2Cl)c1. The number of amides is 2. The van der Waals surface area contributed by atoms with Crippen molar-refractivity contribution in [1.29, 1.82) is 0 Å². The Balaban J connectivity index is 2.27. The highest BCUT2D eigenvalue weighted by molar-refractivity contribution is 6.40. The summed E-state index contributed by atoms with van der Waals surface area (Å²) in [6, 6.07) is 11.7. The fraction of sp³-hybridized carbons (Fsp3) is 0.125. The van der Waals surface area contributed by atoms with Gasteiger partial charge >= 0.3 is 0 Å². The van der Waals surface area contributed by atoms with Gasteiger partial charge in [0.25, 0.3) is 5.91 Å². The van der Waals surface area contributed by atoms with E-state index in [0.29, 0.717) is 26.9 Å². The number of para-hydroxylation sites is 1. The van der Waals surface area contributed by atoms with Gasteiger partial charge in [-0.1, -0.05) is 41.4 Å². The number of hydrogen-bond donors (Lipinski definition) is 2. The minimum atomic E-state index is -0.475. The van der Waals surface area contributed by atoms with E-state index in [2.05, 4.69) is 5.32 Å². The maximum atomic E-state index is 12.3. The molecule has 6 heteroatoms. The van der Waals surface area contributed by atoms with Crippen molar-refractivity contribution in [2.24, 2.45) is 5.73 Å². The molecule has 0 bridgehead atoms. The molecule has 2 rings (SSSR count). The van der Waals surface area contributed by atoms with Crippen LogP contribution in [-0.2, 0) is 4.79 Å². The van der Waals surface area contributed by atoms with Gasteiger partial charge in [-0.15, -0.1) is 0 Å². The largest absolute Gasteiger partial charge is 0.369 e. The summed E-state index contributed by atoms with van der Waals surface area (Å²) in [6.45, 7) is 1.68. The molecule has 2 amide bonds. The average Bonchev–Trinajstić information content (AvgIpc) is 2.50. The smallest absolute Gasteiger partial charge is 0.255 e. The summed E-state index contributed by atoms with van der Waals surface area (Å²) in [6.07, 6.45) is 0. The zero-order valence-corrected chi connectivity index (χ0v) is 13.3. The van der Waals surface area contributed by atoms with E-state index in [4.69, 9.17) is 28.9 Å². The Morgan fingerprint density at radius 2 is 1.68 bits per heavy atom. The van der Waals surface area contributed by atoms with Gasteiger partial charge in [-0.2, -0.15) is 0 Å². The van der Waals surface area contributed by atoms with Crippen LogP contribution in [0.1, 0.15) is 28.8 Å². The van der Waals surface area contributed by atoms with Crippen LogP contribution in [0.15, 0.2) is 42.5 Å². The molecule has 22 heavy (non-hydrogen) atoms. The lowest BCUT2D eigenvalue weighted by Crippen LogP contribution is -2.19. The summed E-state index contributed by atoms with van der Waals surface area (Å²) < 4.78 is 0. The lowest BCUT2D eigenvalue weighted by molar-refractivity contribution is -0.119. The lowest BCUT2D eigenvalue weighted by atomic mass is 9.98. The summed E-state index contributed by atoms with van der Waals surface area (Å²) in [5.41, 5.74) is 6.70. The molecule has 0 aliphatic rings. The minimum Gasteiger partial charge on any atom is -0.369 e. The van der Waals surface area contributed by atoms with E-state index in [1.54, 1.807) is 49.4 Å². The Morgan fingerprint density at radius 1 is 1.09 bits per heavy atom. The number of halogens is 2. The summed E-state index contributed by atoms with van der Waals surface area (Å²) >= 11 is 12.0. The van der Waals surface area contributed by atoms with Crippen molar-refractivity contribution in [3.8, 4) is 0 Å². The second-order valence-electron chi connectivity index (χ2n) is 4.80. The third-order valence-corrected chi connectivity index (χ3v) is 3.91. The van der Waals surface area contributed by atoms with E-state index in [1.807, 2.05) is 0 Å². The van der Waals surface area contributed by atoms with Crippen molar-refractivity contribution >= 4 is 40.7 Å². The van der Waals surface area contributed by atoms with Crippen LogP contribution in [-0.4, -0.2) is 11.8 Å². The highest BCUT2D eigenvalue weighted by Gasteiger charge is 2.15. The second kappa shape index (κ2) is 6.81. The van der Waals surface area contributed by atoms with Gasteiger partial charge in [0, 0.05) is 5.56 Å². The number of hydrogen-bond acceptors (Lipinski definition) is 2. The molecule has 0 saturated heterocycles. The molecule has 3 N–H and O–H groups in total. The first-order valence-electron chi connectivity index (χ1n) is 6.54. The van der Waals surface area contributed by atoms with Crippen molar-refractivity contribution < 1.29 is 9.59 Å². The number of anilines is 1. The van der Waals surface area contributed by atoms with Crippen LogP contribution in [0.2, 0.25) is 10.0 Å². The maximum absolute atomic E-state index is 12.3. The molecular formula is C16H14Cl2N2O2. The summed E-state index contributed by atoms with van der Waals surface area (Å²) in [4.78, 5) is 23.6. The lowest BCUT2D eigenvalue weighted by Gasteiger charge is -2.11. The van der Waals surface area contributed by atoms with Crippen molar-refractivity contribution in [2.45, 2.75) is 12.8 Å². The molecule has 0 aliphatic heterocycles. The quantitative estimate of drug-likeness (QED) is 0.890. The minimum absolute atomic E-state index is 0.350. The first-order chi connectivity index (χ1) is 10.4. The third-order valence-electron chi connectivity index (χ3n) is 3.28. The van der Waals surface area contributed by atoms with Gasteiger partial charge in [0.05, 0.1) is 21.7 Å².